The third-order valence-corrected chi connectivity index (χ3v) is 4.68. The van der Waals surface area contributed by atoms with E-state index in [1.807, 2.05) is 0 Å². The van der Waals surface area contributed by atoms with Crippen molar-refractivity contribution in [2.75, 3.05) is 32.5 Å². The van der Waals surface area contributed by atoms with E-state index in [4.69, 9.17) is 10.8 Å². The number of anilines is 1. The summed E-state index contributed by atoms with van der Waals surface area (Å²) in [5, 5.41) is 24.4. The molecule has 0 bridgehead atoms. The van der Waals surface area contributed by atoms with Gasteiger partial charge in [0.2, 0.25) is 5.91 Å². The lowest BCUT2D eigenvalue weighted by atomic mass is 10.0. The molecule has 0 unspecified atom stereocenters. The second-order valence-corrected chi connectivity index (χ2v) is 6.70. The Balaban J connectivity index is 2.30. The molecule has 0 aromatic heterocycles. The Labute approximate surface area is 173 Å². The van der Waals surface area contributed by atoms with Crippen molar-refractivity contribution >= 4 is 28.7 Å². The van der Waals surface area contributed by atoms with Gasteiger partial charge in [-0.1, -0.05) is 12.1 Å². The van der Waals surface area contributed by atoms with Gasteiger partial charge in [-0.3, -0.25) is 15.6 Å². The van der Waals surface area contributed by atoms with Gasteiger partial charge in [0, 0.05) is 62.7 Å². The van der Waals surface area contributed by atoms with E-state index in [0.29, 0.717) is 24.2 Å². The smallest absolute Gasteiger partial charge is 0.393 e. The Morgan fingerprint density at radius 1 is 1.23 bits per heavy atom. The topological polar surface area (TPSA) is 104 Å². The third kappa shape index (κ3) is 5.40. The van der Waals surface area contributed by atoms with Crippen LogP contribution in [0.4, 0.5) is 18.9 Å². The zero-order valence-electron chi connectivity index (χ0n) is 17.0. The summed E-state index contributed by atoms with van der Waals surface area (Å²) in [6.07, 6.45) is -3.09. The minimum absolute atomic E-state index is 0.0486. The molecule has 1 aromatic carbocycles. The lowest BCUT2D eigenvalue weighted by Gasteiger charge is -2.30. The number of nitrogens with zero attached hydrogens (tertiary/aromatic N) is 1. The molecule has 0 aliphatic carbocycles. The molecular weight excluding hydrogens is 397 g/mol. The number of carbonyl (C=O) groups is 1. The van der Waals surface area contributed by atoms with E-state index in [9.17, 15) is 18.0 Å². The van der Waals surface area contributed by atoms with Gasteiger partial charge in [-0.05, 0) is 17.7 Å². The first-order valence-electron chi connectivity index (χ1n) is 9.23. The summed E-state index contributed by atoms with van der Waals surface area (Å²) >= 11 is 0. The van der Waals surface area contributed by atoms with Gasteiger partial charge in [0.15, 0.2) is 0 Å². The first-order chi connectivity index (χ1) is 14.1. The van der Waals surface area contributed by atoms with Crippen molar-refractivity contribution in [3.63, 3.8) is 0 Å². The van der Waals surface area contributed by atoms with Crippen molar-refractivity contribution in [1.29, 1.82) is 10.8 Å². The van der Waals surface area contributed by atoms with Gasteiger partial charge in [-0.25, -0.2) is 0 Å². The van der Waals surface area contributed by atoms with Crippen LogP contribution in [0.1, 0.15) is 18.9 Å². The quantitative estimate of drug-likeness (QED) is 0.359. The fourth-order valence-electron chi connectivity index (χ4n) is 3.12. The molecule has 30 heavy (non-hydrogen) atoms. The molecule has 162 valence electrons. The maximum atomic E-state index is 13.1. The van der Waals surface area contributed by atoms with Crippen LogP contribution in [0.25, 0.3) is 5.57 Å². The third-order valence-electron chi connectivity index (χ3n) is 4.68. The van der Waals surface area contributed by atoms with Crippen LogP contribution < -0.4 is 16.0 Å². The number of benzene rings is 1. The molecule has 1 aliphatic heterocycles. The molecule has 1 aliphatic rings. The van der Waals surface area contributed by atoms with Gasteiger partial charge < -0.3 is 20.9 Å². The number of hydrogen-bond donors (Lipinski definition) is 5. The molecule has 5 N–H and O–H groups in total. The fraction of sp³-hybridized carbons (Fsp3) is 0.350. The Kier molecular flexibility index (Phi) is 7.25. The molecule has 2 rings (SSSR count). The van der Waals surface area contributed by atoms with Crippen LogP contribution in [0.2, 0.25) is 0 Å². The minimum Gasteiger partial charge on any atom is -0.393 e. The number of amidine groups is 1. The Bertz CT molecular complexity index is 904. The molecule has 1 amide bonds. The van der Waals surface area contributed by atoms with Gasteiger partial charge in [0.05, 0.1) is 6.54 Å². The van der Waals surface area contributed by atoms with Crippen LogP contribution in [0.5, 0.6) is 0 Å². The second kappa shape index (κ2) is 9.47. The average Bonchev–Trinajstić information content (AvgIpc) is 2.70. The molecule has 1 aromatic rings. The van der Waals surface area contributed by atoms with E-state index >= 15 is 0 Å². The summed E-state index contributed by atoms with van der Waals surface area (Å²) in [7, 11) is 3.20. The van der Waals surface area contributed by atoms with Crippen LogP contribution >= 0.6 is 0 Å². The number of nitrogens with one attached hydrogen (secondary N) is 5. The van der Waals surface area contributed by atoms with E-state index in [1.54, 1.807) is 24.1 Å². The summed E-state index contributed by atoms with van der Waals surface area (Å²) < 4.78 is 39.2. The van der Waals surface area contributed by atoms with Crippen molar-refractivity contribution in [2.45, 2.75) is 19.5 Å². The molecule has 0 spiro atoms. The van der Waals surface area contributed by atoms with E-state index in [2.05, 4.69) is 16.0 Å². The van der Waals surface area contributed by atoms with Crippen LogP contribution in [-0.2, 0) is 4.79 Å². The predicted molar refractivity (Wildman–Crippen MR) is 112 cm³/mol. The average molecular weight is 422 g/mol. The number of allylic oxidation sites excluding steroid dienone is 1. The van der Waals surface area contributed by atoms with Gasteiger partial charge in [0.1, 0.15) is 11.5 Å². The SMILES string of the molecule is CN/C=C(\C(=N)C(F)(F)F)c1cccc(NC(=N)C2=C(NC)CCN(C(C)=O)C2)c1. The highest BCUT2D eigenvalue weighted by Crippen LogP contribution is 2.28. The second-order valence-electron chi connectivity index (χ2n) is 6.70. The molecule has 0 saturated carbocycles. The number of hydrogen-bond acceptors (Lipinski definition) is 5. The van der Waals surface area contributed by atoms with Crippen molar-refractivity contribution in [2.24, 2.45) is 0 Å². The molecule has 7 nitrogen and oxygen atoms in total. The lowest BCUT2D eigenvalue weighted by Crippen LogP contribution is -2.40. The normalized spacial score (nSPS) is 15.0. The summed E-state index contributed by atoms with van der Waals surface area (Å²) in [5.41, 5.74) is 0.247. The first-order valence-corrected chi connectivity index (χ1v) is 9.23. The molecular formula is C20H25F3N6O. The first kappa shape index (κ1) is 23.0. The highest BCUT2D eigenvalue weighted by molar-refractivity contribution is 6.25. The zero-order valence-corrected chi connectivity index (χ0v) is 17.0. The van der Waals surface area contributed by atoms with Crippen LogP contribution in [0.3, 0.4) is 0 Å². The molecule has 0 radical (unpaired) electrons. The number of rotatable bonds is 6. The molecule has 10 heteroatoms. The van der Waals surface area contributed by atoms with Crippen molar-refractivity contribution in [3.05, 3.63) is 47.3 Å². The highest BCUT2D eigenvalue weighted by atomic mass is 19.4. The van der Waals surface area contributed by atoms with Gasteiger partial charge in [0.25, 0.3) is 0 Å². The van der Waals surface area contributed by atoms with E-state index in [-0.39, 0.29) is 29.4 Å². The van der Waals surface area contributed by atoms with Crippen LogP contribution in [-0.4, -0.2) is 55.7 Å². The summed E-state index contributed by atoms with van der Waals surface area (Å²) in [6, 6.07) is 6.09. The number of amides is 1. The monoisotopic (exact) mass is 422 g/mol. The Hall–Kier alpha value is -3.30. The predicted octanol–water partition coefficient (Wildman–Crippen LogP) is 2.94. The van der Waals surface area contributed by atoms with Crippen LogP contribution in [0.15, 0.2) is 41.7 Å². The summed E-state index contributed by atoms with van der Waals surface area (Å²) in [6.45, 7) is 2.28. The van der Waals surface area contributed by atoms with E-state index < -0.39 is 11.9 Å². The van der Waals surface area contributed by atoms with Crippen molar-refractivity contribution in [3.8, 4) is 0 Å². The van der Waals surface area contributed by atoms with Gasteiger partial charge >= 0.3 is 6.18 Å². The van der Waals surface area contributed by atoms with Gasteiger partial charge in [-0.2, -0.15) is 13.2 Å². The summed E-state index contributed by atoms with van der Waals surface area (Å²) in [4.78, 5) is 13.3. The largest absolute Gasteiger partial charge is 0.433 e. The lowest BCUT2D eigenvalue weighted by molar-refractivity contribution is -0.128. The standard InChI is InChI=1S/C20H25F3N6O/c1-12(30)29-8-7-17(27-3)16(11-29)19(25)28-14-6-4-5-13(9-14)15(10-26-2)18(24)20(21,22)23/h4-6,9-10,24,26-27H,7-8,11H2,1-3H3,(H2,25,28)/b15-10-,24-18?. The number of halogens is 3. The van der Waals surface area contributed by atoms with E-state index in [0.717, 1.165) is 11.9 Å². The van der Waals surface area contributed by atoms with Crippen LogP contribution in [0, 0.1) is 10.8 Å². The van der Waals surface area contributed by atoms with E-state index in [1.165, 1.54) is 26.1 Å². The number of carbonyl (C=O) groups excluding carboxylic acids is 1. The van der Waals surface area contributed by atoms with Crippen molar-refractivity contribution < 1.29 is 18.0 Å². The Morgan fingerprint density at radius 3 is 2.50 bits per heavy atom. The van der Waals surface area contributed by atoms with Crippen molar-refractivity contribution in [1.82, 2.24) is 15.5 Å². The molecule has 0 fully saturated rings. The van der Waals surface area contributed by atoms with Gasteiger partial charge in [-0.15, -0.1) is 0 Å². The molecule has 1 heterocycles. The fourth-order valence-corrected chi connectivity index (χ4v) is 3.12. The Morgan fingerprint density at radius 2 is 1.93 bits per heavy atom. The minimum atomic E-state index is -4.79. The number of alkyl halides is 3. The zero-order chi connectivity index (χ0) is 22.5. The summed E-state index contributed by atoms with van der Waals surface area (Å²) in [5.74, 6) is -0.0440. The molecule has 0 saturated heterocycles. The maximum absolute atomic E-state index is 13.1. The maximum Gasteiger partial charge on any atom is 0.433 e. The molecule has 0 atom stereocenters. The highest BCUT2D eigenvalue weighted by Gasteiger charge is 2.37.